The molecule has 2 aromatic carbocycles. The second kappa shape index (κ2) is 6.67. The fourth-order valence-corrected chi connectivity index (χ4v) is 3.19. The molecular formula is C19H15NO2S. The summed E-state index contributed by atoms with van der Waals surface area (Å²) >= 11 is 0.968. The summed E-state index contributed by atoms with van der Waals surface area (Å²) in [6.45, 7) is 3.81. The first-order valence-corrected chi connectivity index (χ1v) is 8.02. The molecule has 0 unspecified atom stereocenters. The molecule has 1 aliphatic rings. The van der Waals surface area contributed by atoms with Crippen LogP contribution in [0.25, 0.3) is 17.2 Å². The molecule has 3 nitrogen and oxygen atoms in total. The van der Waals surface area contributed by atoms with E-state index in [1.807, 2.05) is 42.5 Å². The highest BCUT2D eigenvalue weighted by atomic mass is 32.2. The van der Waals surface area contributed by atoms with Gasteiger partial charge in [-0.25, -0.2) is 0 Å². The maximum absolute atomic E-state index is 12.2. The molecule has 0 N–H and O–H groups in total. The number of hydrogen-bond donors (Lipinski definition) is 0. The lowest BCUT2D eigenvalue weighted by atomic mass is 10.0. The summed E-state index contributed by atoms with van der Waals surface area (Å²) < 4.78 is 0. The molecule has 0 radical (unpaired) electrons. The number of nitrogens with zero attached hydrogens (tertiary/aromatic N) is 1. The summed E-state index contributed by atoms with van der Waals surface area (Å²) in [5.74, 6) is -0.257. The predicted molar refractivity (Wildman–Crippen MR) is 94.8 cm³/mol. The number of imide groups is 1. The van der Waals surface area contributed by atoms with Crippen LogP contribution < -0.4 is 0 Å². The Morgan fingerprint density at radius 1 is 0.957 bits per heavy atom. The number of hydrogen-bond acceptors (Lipinski definition) is 3. The number of thioether (sulfide) groups is 1. The molecular weight excluding hydrogens is 306 g/mol. The van der Waals surface area contributed by atoms with Crippen molar-refractivity contribution in [3.05, 3.63) is 77.7 Å². The van der Waals surface area contributed by atoms with Crippen LogP contribution >= 0.6 is 11.8 Å². The summed E-state index contributed by atoms with van der Waals surface area (Å²) in [6, 6.07) is 18.0. The van der Waals surface area contributed by atoms with Crippen LogP contribution in [0, 0.1) is 0 Å². The molecule has 0 spiro atoms. The fourth-order valence-electron chi connectivity index (χ4n) is 2.34. The van der Waals surface area contributed by atoms with Gasteiger partial charge in [0.1, 0.15) is 0 Å². The summed E-state index contributed by atoms with van der Waals surface area (Å²) in [7, 11) is 0. The Labute approximate surface area is 139 Å². The van der Waals surface area contributed by atoms with E-state index in [1.54, 1.807) is 12.2 Å². The molecule has 0 atom stereocenters. The SMILES string of the molecule is C=CCN1C(=O)S/C(=C/c2ccc(-c3ccccc3)cc2)C1=O. The molecule has 1 aliphatic heterocycles. The van der Waals surface area contributed by atoms with E-state index in [-0.39, 0.29) is 17.7 Å². The minimum absolute atomic E-state index is 0.245. The van der Waals surface area contributed by atoms with Crippen LogP contribution in [0.15, 0.2) is 72.2 Å². The van der Waals surface area contributed by atoms with Gasteiger partial charge in [-0.15, -0.1) is 6.58 Å². The Bertz CT molecular complexity index is 779. The van der Waals surface area contributed by atoms with Gasteiger partial charge in [0.25, 0.3) is 11.1 Å². The lowest BCUT2D eigenvalue weighted by Crippen LogP contribution is -2.27. The Balaban J connectivity index is 1.82. The van der Waals surface area contributed by atoms with Crippen LogP contribution in [-0.4, -0.2) is 22.6 Å². The van der Waals surface area contributed by atoms with Gasteiger partial charge in [0.2, 0.25) is 0 Å². The van der Waals surface area contributed by atoms with E-state index in [4.69, 9.17) is 0 Å². The Hall–Kier alpha value is -2.59. The Kier molecular flexibility index (Phi) is 4.44. The number of benzene rings is 2. The molecule has 4 heteroatoms. The van der Waals surface area contributed by atoms with Crippen molar-refractivity contribution in [3.63, 3.8) is 0 Å². The lowest BCUT2D eigenvalue weighted by molar-refractivity contribution is -0.122. The van der Waals surface area contributed by atoms with E-state index in [0.29, 0.717) is 4.91 Å². The van der Waals surface area contributed by atoms with Crippen molar-refractivity contribution in [3.8, 4) is 11.1 Å². The van der Waals surface area contributed by atoms with Crippen molar-refractivity contribution >= 4 is 29.0 Å². The largest absolute Gasteiger partial charge is 0.293 e. The van der Waals surface area contributed by atoms with Crippen molar-refractivity contribution < 1.29 is 9.59 Å². The summed E-state index contributed by atoms with van der Waals surface area (Å²) in [5, 5.41) is -0.248. The molecule has 2 amide bonds. The maximum Gasteiger partial charge on any atom is 0.293 e. The first-order chi connectivity index (χ1) is 11.2. The molecule has 1 fully saturated rings. The zero-order valence-electron chi connectivity index (χ0n) is 12.4. The van der Waals surface area contributed by atoms with Gasteiger partial charge in [-0.2, -0.15) is 0 Å². The van der Waals surface area contributed by atoms with Crippen LogP contribution in [-0.2, 0) is 4.79 Å². The minimum Gasteiger partial charge on any atom is -0.268 e. The van der Waals surface area contributed by atoms with Gasteiger partial charge in [-0.05, 0) is 34.5 Å². The molecule has 3 rings (SSSR count). The van der Waals surface area contributed by atoms with Gasteiger partial charge in [0, 0.05) is 6.54 Å². The van der Waals surface area contributed by atoms with Gasteiger partial charge in [-0.3, -0.25) is 14.5 Å². The summed E-state index contributed by atoms with van der Waals surface area (Å²) in [5.41, 5.74) is 3.15. The van der Waals surface area contributed by atoms with Crippen molar-refractivity contribution in [2.75, 3.05) is 6.54 Å². The third kappa shape index (κ3) is 3.27. The first kappa shape index (κ1) is 15.3. The quantitative estimate of drug-likeness (QED) is 0.611. The average molecular weight is 321 g/mol. The molecule has 23 heavy (non-hydrogen) atoms. The van der Waals surface area contributed by atoms with E-state index >= 15 is 0 Å². The van der Waals surface area contributed by atoms with Gasteiger partial charge < -0.3 is 0 Å². The minimum atomic E-state index is -0.257. The van der Waals surface area contributed by atoms with Crippen molar-refractivity contribution in [1.82, 2.24) is 4.90 Å². The maximum atomic E-state index is 12.2. The van der Waals surface area contributed by atoms with E-state index < -0.39 is 0 Å². The fraction of sp³-hybridized carbons (Fsp3) is 0.0526. The van der Waals surface area contributed by atoms with Crippen molar-refractivity contribution in [2.45, 2.75) is 0 Å². The molecule has 0 aromatic heterocycles. The predicted octanol–water partition coefficient (Wildman–Crippen LogP) is 4.58. The number of amides is 2. The van der Waals surface area contributed by atoms with Gasteiger partial charge in [0.15, 0.2) is 0 Å². The standard InChI is InChI=1S/C19H15NO2S/c1-2-12-20-18(21)17(23-19(20)22)13-14-8-10-16(11-9-14)15-6-4-3-5-7-15/h2-11,13H,1,12H2/b17-13+. The highest BCUT2D eigenvalue weighted by Gasteiger charge is 2.33. The van der Waals surface area contributed by atoms with E-state index in [2.05, 4.69) is 18.7 Å². The molecule has 0 aliphatic carbocycles. The van der Waals surface area contributed by atoms with E-state index in [9.17, 15) is 9.59 Å². The third-order valence-corrected chi connectivity index (χ3v) is 4.41. The molecule has 0 saturated carbocycles. The second-order valence-electron chi connectivity index (χ2n) is 5.07. The van der Waals surface area contributed by atoms with Gasteiger partial charge in [-0.1, -0.05) is 60.7 Å². The van der Waals surface area contributed by atoms with Crippen LogP contribution in [0.3, 0.4) is 0 Å². The van der Waals surface area contributed by atoms with Crippen molar-refractivity contribution in [1.29, 1.82) is 0 Å². The average Bonchev–Trinajstić information content (AvgIpc) is 2.84. The third-order valence-electron chi connectivity index (χ3n) is 3.50. The molecule has 1 heterocycles. The van der Waals surface area contributed by atoms with Crippen LogP contribution in [0.4, 0.5) is 4.79 Å². The second-order valence-corrected chi connectivity index (χ2v) is 6.06. The zero-order valence-corrected chi connectivity index (χ0v) is 13.3. The zero-order chi connectivity index (χ0) is 16.2. The smallest absolute Gasteiger partial charge is 0.268 e. The normalized spacial score (nSPS) is 16.2. The molecule has 0 bridgehead atoms. The Morgan fingerprint density at radius 2 is 1.61 bits per heavy atom. The lowest BCUT2D eigenvalue weighted by Gasteiger charge is -2.07. The van der Waals surface area contributed by atoms with E-state index in [0.717, 1.165) is 28.5 Å². The Morgan fingerprint density at radius 3 is 2.26 bits per heavy atom. The van der Waals surface area contributed by atoms with Crippen LogP contribution in [0.1, 0.15) is 5.56 Å². The van der Waals surface area contributed by atoms with Gasteiger partial charge >= 0.3 is 0 Å². The summed E-state index contributed by atoms with van der Waals surface area (Å²) in [6.07, 6.45) is 3.30. The monoisotopic (exact) mass is 321 g/mol. The first-order valence-electron chi connectivity index (χ1n) is 7.21. The topological polar surface area (TPSA) is 37.4 Å². The number of carbonyl (C=O) groups is 2. The van der Waals surface area contributed by atoms with Crippen LogP contribution in [0.2, 0.25) is 0 Å². The van der Waals surface area contributed by atoms with E-state index in [1.165, 1.54) is 4.90 Å². The number of rotatable bonds is 4. The highest BCUT2D eigenvalue weighted by molar-refractivity contribution is 8.18. The molecule has 2 aromatic rings. The molecule has 1 saturated heterocycles. The number of carbonyl (C=O) groups excluding carboxylic acids is 2. The van der Waals surface area contributed by atoms with Gasteiger partial charge in [0.05, 0.1) is 4.91 Å². The summed E-state index contributed by atoms with van der Waals surface area (Å²) in [4.78, 5) is 25.6. The molecule has 114 valence electrons. The highest BCUT2D eigenvalue weighted by Crippen LogP contribution is 2.32. The van der Waals surface area contributed by atoms with Crippen molar-refractivity contribution in [2.24, 2.45) is 0 Å². The van der Waals surface area contributed by atoms with Crippen LogP contribution in [0.5, 0.6) is 0 Å².